The summed E-state index contributed by atoms with van der Waals surface area (Å²) in [5, 5.41) is 18.7. The quantitative estimate of drug-likeness (QED) is 0.609. The standard InChI is InChI=1S/C9H14N4O3/c1-6-12-7(16-13-6)3-11-9(2-8(14)15)4-10-5-9/h10-11H,2-5H2,1H3,(H,14,15). The maximum absolute atomic E-state index is 10.7. The Labute approximate surface area is 92.2 Å². The van der Waals surface area contributed by atoms with Gasteiger partial charge in [-0.05, 0) is 6.92 Å². The lowest BCUT2D eigenvalue weighted by Crippen LogP contribution is -2.68. The van der Waals surface area contributed by atoms with Gasteiger partial charge in [-0.25, -0.2) is 0 Å². The summed E-state index contributed by atoms with van der Waals surface area (Å²) in [7, 11) is 0. The highest BCUT2D eigenvalue weighted by Crippen LogP contribution is 2.16. The van der Waals surface area contributed by atoms with Gasteiger partial charge in [-0.3, -0.25) is 10.1 Å². The van der Waals surface area contributed by atoms with Crippen LogP contribution >= 0.6 is 0 Å². The molecule has 0 spiro atoms. The van der Waals surface area contributed by atoms with Crippen molar-refractivity contribution in [3.05, 3.63) is 11.7 Å². The van der Waals surface area contributed by atoms with E-state index in [2.05, 4.69) is 20.8 Å². The van der Waals surface area contributed by atoms with E-state index in [-0.39, 0.29) is 12.0 Å². The lowest BCUT2D eigenvalue weighted by atomic mass is 9.88. The maximum Gasteiger partial charge on any atom is 0.305 e. The highest BCUT2D eigenvalue weighted by molar-refractivity contribution is 5.68. The van der Waals surface area contributed by atoms with Crippen molar-refractivity contribution in [1.29, 1.82) is 0 Å². The molecular formula is C9H14N4O3. The van der Waals surface area contributed by atoms with Gasteiger partial charge in [0.15, 0.2) is 5.82 Å². The molecular weight excluding hydrogens is 212 g/mol. The van der Waals surface area contributed by atoms with Crippen molar-refractivity contribution in [2.45, 2.75) is 25.4 Å². The second-order valence-electron chi connectivity index (χ2n) is 4.04. The largest absolute Gasteiger partial charge is 0.481 e. The Hall–Kier alpha value is -1.47. The van der Waals surface area contributed by atoms with Crippen molar-refractivity contribution in [3.63, 3.8) is 0 Å². The first-order valence-electron chi connectivity index (χ1n) is 5.06. The topological polar surface area (TPSA) is 100 Å². The van der Waals surface area contributed by atoms with Gasteiger partial charge in [0.05, 0.1) is 18.5 Å². The Bertz CT molecular complexity index is 386. The van der Waals surface area contributed by atoms with E-state index in [1.807, 2.05) is 0 Å². The third-order valence-electron chi connectivity index (χ3n) is 2.60. The summed E-state index contributed by atoms with van der Waals surface area (Å²) in [5.74, 6) is 0.251. The first-order chi connectivity index (χ1) is 7.60. The molecule has 2 heterocycles. The van der Waals surface area contributed by atoms with Gasteiger partial charge in [0.2, 0.25) is 5.89 Å². The Balaban J connectivity index is 1.90. The van der Waals surface area contributed by atoms with Gasteiger partial charge in [0.1, 0.15) is 0 Å². The molecule has 3 N–H and O–H groups in total. The van der Waals surface area contributed by atoms with Crippen molar-refractivity contribution in [1.82, 2.24) is 20.8 Å². The molecule has 0 radical (unpaired) electrons. The molecule has 0 unspecified atom stereocenters. The first kappa shape index (κ1) is 11.0. The summed E-state index contributed by atoms with van der Waals surface area (Å²) in [6, 6.07) is 0. The van der Waals surface area contributed by atoms with Gasteiger partial charge >= 0.3 is 5.97 Å². The SMILES string of the molecule is Cc1noc(CNC2(CC(=O)O)CNC2)n1. The minimum absolute atomic E-state index is 0.0904. The highest BCUT2D eigenvalue weighted by Gasteiger charge is 2.38. The number of aliphatic carboxylic acids is 1. The lowest BCUT2D eigenvalue weighted by molar-refractivity contribution is -0.139. The van der Waals surface area contributed by atoms with Crippen LogP contribution in [0.1, 0.15) is 18.1 Å². The van der Waals surface area contributed by atoms with E-state index in [0.717, 1.165) is 0 Å². The van der Waals surface area contributed by atoms with Gasteiger partial charge in [0.25, 0.3) is 0 Å². The minimum Gasteiger partial charge on any atom is -0.481 e. The zero-order valence-corrected chi connectivity index (χ0v) is 8.99. The number of aryl methyl sites for hydroxylation is 1. The fraction of sp³-hybridized carbons (Fsp3) is 0.667. The predicted octanol–water partition coefficient (Wildman–Crippen LogP) is -0.716. The van der Waals surface area contributed by atoms with E-state index in [0.29, 0.717) is 31.3 Å². The summed E-state index contributed by atoms with van der Waals surface area (Å²) in [4.78, 5) is 14.7. The third kappa shape index (κ3) is 2.37. The predicted molar refractivity (Wildman–Crippen MR) is 53.7 cm³/mol. The van der Waals surface area contributed by atoms with Crippen molar-refractivity contribution in [3.8, 4) is 0 Å². The van der Waals surface area contributed by atoms with Crippen LogP contribution in [0, 0.1) is 6.92 Å². The van der Waals surface area contributed by atoms with E-state index < -0.39 is 5.97 Å². The molecule has 1 aromatic rings. The lowest BCUT2D eigenvalue weighted by Gasteiger charge is -2.42. The van der Waals surface area contributed by atoms with Crippen molar-refractivity contribution < 1.29 is 14.4 Å². The van der Waals surface area contributed by atoms with Crippen LogP contribution < -0.4 is 10.6 Å². The molecule has 0 saturated carbocycles. The molecule has 0 aromatic carbocycles. The van der Waals surface area contributed by atoms with Crippen LogP contribution in [0.5, 0.6) is 0 Å². The number of hydrogen-bond donors (Lipinski definition) is 3. The van der Waals surface area contributed by atoms with Crippen LogP contribution in [-0.2, 0) is 11.3 Å². The number of aromatic nitrogens is 2. The molecule has 1 aromatic heterocycles. The number of carboxylic acid groups (broad SMARTS) is 1. The molecule has 0 amide bonds. The summed E-state index contributed by atoms with van der Waals surface area (Å²) in [6.07, 6.45) is 0.0904. The van der Waals surface area contributed by atoms with Gasteiger partial charge in [-0.1, -0.05) is 5.16 Å². The number of hydrogen-bond acceptors (Lipinski definition) is 6. The molecule has 1 saturated heterocycles. The number of carboxylic acids is 1. The summed E-state index contributed by atoms with van der Waals surface area (Å²) in [6.45, 7) is 3.43. The Morgan fingerprint density at radius 2 is 2.44 bits per heavy atom. The molecule has 2 rings (SSSR count). The van der Waals surface area contributed by atoms with Gasteiger partial charge in [-0.2, -0.15) is 4.98 Å². The van der Waals surface area contributed by atoms with Gasteiger partial charge < -0.3 is 14.9 Å². The number of nitrogens with zero attached hydrogens (tertiary/aromatic N) is 2. The number of nitrogens with one attached hydrogen (secondary N) is 2. The van der Waals surface area contributed by atoms with Crippen LogP contribution in [0.25, 0.3) is 0 Å². The molecule has 1 fully saturated rings. The van der Waals surface area contributed by atoms with E-state index in [1.165, 1.54) is 0 Å². The molecule has 0 atom stereocenters. The van der Waals surface area contributed by atoms with E-state index in [4.69, 9.17) is 9.63 Å². The average Bonchev–Trinajstić information content (AvgIpc) is 2.55. The van der Waals surface area contributed by atoms with Gasteiger partial charge in [-0.15, -0.1) is 0 Å². The van der Waals surface area contributed by atoms with E-state index in [9.17, 15) is 4.79 Å². The molecule has 0 aliphatic carbocycles. The van der Waals surface area contributed by atoms with Crippen molar-refractivity contribution >= 4 is 5.97 Å². The summed E-state index contributed by atoms with van der Waals surface area (Å²) >= 11 is 0. The Kier molecular flexibility index (Phi) is 2.88. The van der Waals surface area contributed by atoms with Crippen molar-refractivity contribution in [2.75, 3.05) is 13.1 Å². The summed E-state index contributed by atoms with van der Waals surface area (Å²) in [5.41, 5.74) is -0.381. The monoisotopic (exact) mass is 226 g/mol. The third-order valence-corrected chi connectivity index (χ3v) is 2.60. The van der Waals surface area contributed by atoms with Crippen molar-refractivity contribution in [2.24, 2.45) is 0 Å². The van der Waals surface area contributed by atoms with E-state index >= 15 is 0 Å². The van der Waals surface area contributed by atoms with E-state index in [1.54, 1.807) is 6.92 Å². The second kappa shape index (κ2) is 4.18. The normalized spacial score (nSPS) is 18.1. The van der Waals surface area contributed by atoms with Crippen LogP contribution in [-0.4, -0.2) is 39.8 Å². The zero-order chi connectivity index (χ0) is 11.6. The van der Waals surface area contributed by atoms with Crippen LogP contribution in [0.15, 0.2) is 4.52 Å². The van der Waals surface area contributed by atoms with Crippen LogP contribution in [0.4, 0.5) is 0 Å². The summed E-state index contributed by atoms with van der Waals surface area (Å²) < 4.78 is 4.94. The average molecular weight is 226 g/mol. The van der Waals surface area contributed by atoms with Crippen LogP contribution in [0.3, 0.4) is 0 Å². The molecule has 16 heavy (non-hydrogen) atoms. The van der Waals surface area contributed by atoms with Crippen LogP contribution in [0.2, 0.25) is 0 Å². The Morgan fingerprint density at radius 1 is 1.69 bits per heavy atom. The maximum atomic E-state index is 10.7. The molecule has 7 heteroatoms. The smallest absolute Gasteiger partial charge is 0.305 e. The molecule has 7 nitrogen and oxygen atoms in total. The molecule has 88 valence electrons. The molecule has 1 aliphatic rings. The first-order valence-corrected chi connectivity index (χ1v) is 5.06. The second-order valence-corrected chi connectivity index (χ2v) is 4.04. The fourth-order valence-corrected chi connectivity index (χ4v) is 1.70. The van der Waals surface area contributed by atoms with Gasteiger partial charge in [0, 0.05) is 13.1 Å². The fourth-order valence-electron chi connectivity index (χ4n) is 1.70. The Morgan fingerprint density at radius 3 is 2.88 bits per heavy atom. The minimum atomic E-state index is -0.810. The molecule has 0 bridgehead atoms. The number of carbonyl (C=O) groups is 1. The highest BCUT2D eigenvalue weighted by atomic mass is 16.5. The zero-order valence-electron chi connectivity index (χ0n) is 8.99. The molecule has 1 aliphatic heterocycles. The number of rotatable bonds is 5.